The number of fused-ring (bicyclic) bond motifs is 1. The molecule has 0 aliphatic carbocycles. The van der Waals surface area contributed by atoms with Crippen molar-refractivity contribution in [1.82, 2.24) is 5.32 Å². The van der Waals surface area contributed by atoms with E-state index in [9.17, 15) is 5.11 Å². The van der Waals surface area contributed by atoms with Gasteiger partial charge in [-0.05, 0) is 36.1 Å². The lowest BCUT2D eigenvalue weighted by Gasteiger charge is -2.27. The average molecular weight is 342 g/mol. The van der Waals surface area contributed by atoms with Crippen molar-refractivity contribution in [3.05, 3.63) is 59.7 Å². The van der Waals surface area contributed by atoms with Crippen LogP contribution in [0.15, 0.2) is 53.4 Å². The van der Waals surface area contributed by atoms with Gasteiger partial charge in [-0.15, -0.1) is 11.8 Å². The highest BCUT2D eigenvalue weighted by molar-refractivity contribution is 8.00. The van der Waals surface area contributed by atoms with Crippen LogP contribution in [-0.4, -0.2) is 16.4 Å². The van der Waals surface area contributed by atoms with Gasteiger partial charge in [0.05, 0.1) is 6.04 Å². The molecule has 128 valence electrons. The van der Waals surface area contributed by atoms with Gasteiger partial charge in [0.15, 0.2) is 0 Å². The van der Waals surface area contributed by atoms with Gasteiger partial charge in [0.25, 0.3) is 0 Å². The fourth-order valence-corrected chi connectivity index (χ4v) is 5.04. The molecule has 2 aromatic carbocycles. The molecule has 3 rings (SSSR count). The van der Waals surface area contributed by atoms with E-state index in [1.165, 1.54) is 35.3 Å². The van der Waals surface area contributed by atoms with Crippen LogP contribution in [0.4, 0.5) is 0 Å². The Balaban J connectivity index is 2.01. The summed E-state index contributed by atoms with van der Waals surface area (Å²) in [7, 11) is 0. The number of benzene rings is 2. The molecular formula is C21H27NOS. The van der Waals surface area contributed by atoms with Crippen molar-refractivity contribution < 1.29 is 5.11 Å². The van der Waals surface area contributed by atoms with Crippen molar-refractivity contribution in [2.75, 3.05) is 0 Å². The Morgan fingerprint density at radius 2 is 1.88 bits per heavy atom. The normalized spacial score (nSPS) is 23.5. The first-order valence-electron chi connectivity index (χ1n) is 9.03. The van der Waals surface area contributed by atoms with Gasteiger partial charge in [0.2, 0.25) is 0 Å². The number of phenolic OH excluding ortho intramolecular Hbond substituents is 1. The predicted molar refractivity (Wildman–Crippen MR) is 103 cm³/mol. The molecule has 2 aromatic rings. The molecule has 0 amide bonds. The second-order valence-corrected chi connectivity index (χ2v) is 7.83. The minimum Gasteiger partial charge on any atom is -0.508 e. The number of aromatic hydroxyl groups is 1. The fraction of sp³-hybridized carbons (Fsp3) is 0.429. The average Bonchev–Trinajstić information content (AvgIpc) is 2.76. The molecule has 0 bridgehead atoms. The fourth-order valence-electron chi connectivity index (χ4n) is 3.49. The predicted octanol–water partition coefficient (Wildman–Crippen LogP) is 5.51. The number of nitrogens with one attached hydrogen (secondary N) is 1. The number of thioether (sulfide) groups is 1. The van der Waals surface area contributed by atoms with Crippen molar-refractivity contribution in [3.63, 3.8) is 0 Å². The van der Waals surface area contributed by atoms with E-state index >= 15 is 0 Å². The number of hydrogen-bond donors (Lipinski definition) is 2. The molecule has 3 heteroatoms. The van der Waals surface area contributed by atoms with Crippen LogP contribution in [0.25, 0.3) is 0 Å². The zero-order chi connectivity index (χ0) is 16.9. The van der Waals surface area contributed by atoms with Gasteiger partial charge in [-0.2, -0.15) is 0 Å². The zero-order valence-electron chi connectivity index (χ0n) is 14.5. The Hall–Kier alpha value is -1.45. The molecule has 0 saturated carbocycles. The topological polar surface area (TPSA) is 32.3 Å². The SMILES string of the molecule is CCCCC1Sc2cc(O)ccc2C(c2ccccc2)NC1CC. The molecule has 0 spiro atoms. The summed E-state index contributed by atoms with van der Waals surface area (Å²) in [6.07, 6.45) is 4.80. The Morgan fingerprint density at radius 3 is 2.58 bits per heavy atom. The molecule has 2 nitrogen and oxygen atoms in total. The van der Waals surface area contributed by atoms with Gasteiger partial charge >= 0.3 is 0 Å². The number of rotatable bonds is 5. The molecule has 0 fully saturated rings. The minimum absolute atomic E-state index is 0.186. The van der Waals surface area contributed by atoms with E-state index in [0.717, 1.165) is 6.42 Å². The van der Waals surface area contributed by atoms with E-state index in [4.69, 9.17) is 0 Å². The maximum Gasteiger partial charge on any atom is 0.116 e. The zero-order valence-corrected chi connectivity index (χ0v) is 15.4. The van der Waals surface area contributed by atoms with Crippen LogP contribution in [-0.2, 0) is 0 Å². The summed E-state index contributed by atoms with van der Waals surface area (Å²) in [6.45, 7) is 4.52. The third-order valence-electron chi connectivity index (χ3n) is 4.83. The van der Waals surface area contributed by atoms with E-state index in [-0.39, 0.29) is 6.04 Å². The van der Waals surface area contributed by atoms with Crippen molar-refractivity contribution in [2.45, 2.75) is 61.8 Å². The van der Waals surface area contributed by atoms with E-state index in [0.29, 0.717) is 17.0 Å². The maximum absolute atomic E-state index is 9.99. The van der Waals surface area contributed by atoms with Gasteiger partial charge in [0.1, 0.15) is 5.75 Å². The Bertz CT molecular complexity index is 658. The third kappa shape index (κ3) is 3.79. The molecule has 1 aliphatic rings. The summed E-state index contributed by atoms with van der Waals surface area (Å²) in [4.78, 5) is 1.22. The lowest BCUT2D eigenvalue weighted by Crippen LogP contribution is -2.38. The number of unbranched alkanes of at least 4 members (excludes halogenated alkanes) is 1. The summed E-state index contributed by atoms with van der Waals surface area (Å²) in [5, 5.41) is 14.4. The van der Waals surface area contributed by atoms with Crippen LogP contribution < -0.4 is 5.32 Å². The molecule has 3 unspecified atom stereocenters. The van der Waals surface area contributed by atoms with Crippen LogP contribution in [0, 0.1) is 0 Å². The van der Waals surface area contributed by atoms with Crippen LogP contribution >= 0.6 is 11.8 Å². The molecular weight excluding hydrogens is 314 g/mol. The van der Waals surface area contributed by atoms with Gasteiger partial charge < -0.3 is 10.4 Å². The van der Waals surface area contributed by atoms with Gasteiger partial charge in [-0.3, -0.25) is 0 Å². The van der Waals surface area contributed by atoms with Gasteiger partial charge in [0, 0.05) is 16.2 Å². The molecule has 1 heterocycles. The summed E-state index contributed by atoms with van der Waals surface area (Å²) in [6, 6.07) is 17.1. The first-order valence-corrected chi connectivity index (χ1v) is 9.91. The Morgan fingerprint density at radius 1 is 1.08 bits per heavy atom. The number of phenols is 1. The smallest absolute Gasteiger partial charge is 0.116 e. The molecule has 3 atom stereocenters. The first-order chi connectivity index (χ1) is 11.7. The van der Waals surface area contributed by atoms with Crippen molar-refractivity contribution in [3.8, 4) is 5.75 Å². The molecule has 24 heavy (non-hydrogen) atoms. The second-order valence-electron chi connectivity index (χ2n) is 6.55. The molecule has 2 N–H and O–H groups in total. The highest BCUT2D eigenvalue weighted by Gasteiger charge is 2.31. The molecule has 0 aromatic heterocycles. The largest absolute Gasteiger partial charge is 0.508 e. The van der Waals surface area contributed by atoms with E-state index in [1.54, 1.807) is 0 Å². The first kappa shape index (κ1) is 17.4. The van der Waals surface area contributed by atoms with Crippen molar-refractivity contribution in [1.29, 1.82) is 0 Å². The molecule has 0 saturated heterocycles. The van der Waals surface area contributed by atoms with Gasteiger partial charge in [-0.25, -0.2) is 0 Å². The van der Waals surface area contributed by atoms with Crippen LogP contribution in [0.3, 0.4) is 0 Å². The van der Waals surface area contributed by atoms with E-state index in [2.05, 4.69) is 55.6 Å². The summed E-state index contributed by atoms with van der Waals surface area (Å²) < 4.78 is 0. The summed E-state index contributed by atoms with van der Waals surface area (Å²) in [5.74, 6) is 0.359. The standard InChI is InChI=1S/C21H27NOS/c1-3-5-11-19-18(4-2)22-21(15-9-7-6-8-10-15)17-13-12-16(23)14-20(17)24-19/h6-10,12-14,18-19,21-23H,3-5,11H2,1-2H3. The Kier molecular flexibility index (Phi) is 5.85. The van der Waals surface area contributed by atoms with Crippen LogP contribution in [0.5, 0.6) is 5.75 Å². The van der Waals surface area contributed by atoms with Crippen LogP contribution in [0.1, 0.15) is 56.7 Å². The van der Waals surface area contributed by atoms with Crippen molar-refractivity contribution >= 4 is 11.8 Å². The highest BCUT2D eigenvalue weighted by atomic mass is 32.2. The van der Waals surface area contributed by atoms with E-state index < -0.39 is 0 Å². The number of hydrogen-bond acceptors (Lipinski definition) is 3. The summed E-state index contributed by atoms with van der Waals surface area (Å²) in [5.41, 5.74) is 2.57. The lowest BCUT2D eigenvalue weighted by atomic mass is 9.96. The molecule has 1 aliphatic heterocycles. The third-order valence-corrected chi connectivity index (χ3v) is 6.31. The van der Waals surface area contributed by atoms with Crippen LogP contribution in [0.2, 0.25) is 0 Å². The van der Waals surface area contributed by atoms with E-state index in [1.807, 2.05) is 23.9 Å². The second kappa shape index (κ2) is 8.09. The minimum atomic E-state index is 0.186. The Labute approximate surface area is 149 Å². The lowest BCUT2D eigenvalue weighted by molar-refractivity contribution is 0.431. The summed E-state index contributed by atoms with van der Waals surface area (Å²) >= 11 is 1.94. The van der Waals surface area contributed by atoms with Gasteiger partial charge in [-0.1, -0.05) is 63.1 Å². The van der Waals surface area contributed by atoms with Crippen molar-refractivity contribution in [2.24, 2.45) is 0 Å². The highest BCUT2D eigenvalue weighted by Crippen LogP contribution is 2.42. The maximum atomic E-state index is 9.99. The monoisotopic (exact) mass is 341 g/mol. The molecule has 0 radical (unpaired) electrons. The quantitative estimate of drug-likeness (QED) is 0.751.